The third-order valence-electron chi connectivity index (χ3n) is 2.03. The van der Waals surface area contributed by atoms with Crippen molar-refractivity contribution in [3.05, 3.63) is 39.9 Å². The summed E-state index contributed by atoms with van der Waals surface area (Å²) in [4.78, 5) is 10.3. The van der Waals surface area contributed by atoms with Crippen molar-refractivity contribution in [3.63, 3.8) is 0 Å². The molecular formula is C10H13NO4. The van der Waals surface area contributed by atoms with Gasteiger partial charge in [-0.3, -0.25) is 10.1 Å². The van der Waals surface area contributed by atoms with Gasteiger partial charge in [0.15, 0.2) is 0 Å². The lowest BCUT2D eigenvalue weighted by Gasteiger charge is -2.12. The number of ether oxygens (including phenoxy) is 1. The van der Waals surface area contributed by atoms with Crippen LogP contribution in [-0.2, 0) is 4.74 Å². The lowest BCUT2D eigenvalue weighted by molar-refractivity contribution is -0.386. The molecule has 1 aromatic rings. The molecule has 0 saturated heterocycles. The van der Waals surface area contributed by atoms with E-state index in [1.165, 1.54) is 6.07 Å². The van der Waals surface area contributed by atoms with Crippen molar-refractivity contribution in [1.82, 2.24) is 0 Å². The van der Waals surface area contributed by atoms with E-state index in [-0.39, 0.29) is 18.9 Å². The largest absolute Gasteiger partial charge is 0.394 e. The van der Waals surface area contributed by atoms with Crippen LogP contribution in [0.15, 0.2) is 24.3 Å². The third kappa shape index (κ3) is 3.00. The Morgan fingerprint density at radius 3 is 2.80 bits per heavy atom. The highest BCUT2D eigenvalue weighted by Gasteiger charge is 2.17. The maximum Gasteiger partial charge on any atom is 0.275 e. The van der Waals surface area contributed by atoms with E-state index in [1.54, 1.807) is 25.1 Å². The first-order valence-corrected chi connectivity index (χ1v) is 4.62. The number of aliphatic hydroxyl groups excluding tert-OH is 1. The van der Waals surface area contributed by atoms with Crippen LogP contribution in [0.1, 0.15) is 18.6 Å². The topological polar surface area (TPSA) is 72.6 Å². The van der Waals surface area contributed by atoms with E-state index in [1.807, 2.05) is 0 Å². The highest BCUT2D eigenvalue weighted by atomic mass is 16.6. The highest BCUT2D eigenvalue weighted by molar-refractivity contribution is 5.41. The zero-order valence-corrected chi connectivity index (χ0v) is 8.42. The second-order valence-electron chi connectivity index (χ2n) is 3.05. The molecule has 5 nitrogen and oxygen atoms in total. The number of aliphatic hydroxyl groups is 1. The van der Waals surface area contributed by atoms with Gasteiger partial charge in [0.1, 0.15) is 0 Å². The average molecular weight is 211 g/mol. The predicted octanol–water partition coefficient (Wildman–Crippen LogP) is 1.66. The Bertz CT molecular complexity index is 340. The van der Waals surface area contributed by atoms with Gasteiger partial charge < -0.3 is 9.84 Å². The van der Waals surface area contributed by atoms with Gasteiger partial charge in [-0.1, -0.05) is 12.1 Å². The molecular weight excluding hydrogens is 198 g/mol. The van der Waals surface area contributed by atoms with Gasteiger partial charge in [0.05, 0.1) is 29.8 Å². The van der Waals surface area contributed by atoms with Crippen molar-refractivity contribution in [1.29, 1.82) is 0 Å². The normalized spacial score (nSPS) is 12.4. The molecule has 15 heavy (non-hydrogen) atoms. The molecule has 0 aliphatic rings. The molecule has 0 aliphatic heterocycles. The maximum absolute atomic E-state index is 10.7. The summed E-state index contributed by atoms with van der Waals surface area (Å²) < 4.78 is 5.21. The van der Waals surface area contributed by atoms with Crippen LogP contribution in [0.2, 0.25) is 0 Å². The van der Waals surface area contributed by atoms with Crippen molar-refractivity contribution in [2.45, 2.75) is 13.0 Å². The number of hydrogen-bond donors (Lipinski definition) is 1. The molecule has 0 aromatic heterocycles. The molecule has 0 saturated carbocycles. The Morgan fingerprint density at radius 1 is 1.53 bits per heavy atom. The number of rotatable bonds is 5. The molecule has 0 aliphatic carbocycles. The van der Waals surface area contributed by atoms with Crippen LogP contribution in [0.3, 0.4) is 0 Å². The van der Waals surface area contributed by atoms with E-state index >= 15 is 0 Å². The Balaban J connectivity index is 2.87. The summed E-state index contributed by atoms with van der Waals surface area (Å²) in [6.45, 7) is 1.80. The number of para-hydroxylation sites is 1. The lowest BCUT2D eigenvalue weighted by Crippen LogP contribution is -2.06. The van der Waals surface area contributed by atoms with Gasteiger partial charge in [0, 0.05) is 6.07 Å². The number of benzene rings is 1. The van der Waals surface area contributed by atoms with Gasteiger partial charge >= 0.3 is 0 Å². The summed E-state index contributed by atoms with van der Waals surface area (Å²) in [6.07, 6.45) is -0.390. The summed E-state index contributed by atoms with van der Waals surface area (Å²) >= 11 is 0. The van der Waals surface area contributed by atoms with Gasteiger partial charge in [-0.25, -0.2) is 0 Å². The Kier molecular flexibility index (Phi) is 4.20. The molecule has 1 rings (SSSR count). The van der Waals surface area contributed by atoms with Crippen LogP contribution in [0.25, 0.3) is 0 Å². The maximum atomic E-state index is 10.7. The molecule has 1 aromatic carbocycles. The minimum Gasteiger partial charge on any atom is -0.394 e. The molecule has 0 spiro atoms. The molecule has 0 fully saturated rings. The van der Waals surface area contributed by atoms with Crippen molar-refractivity contribution in [3.8, 4) is 0 Å². The lowest BCUT2D eigenvalue weighted by atomic mass is 10.1. The van der Waals surface area contributed by atoms with E-state index in [0.29, 0.717) is 5.56 Å². The molecule has 0 bridgehead atoms. The fourth-order valence-electron chi connectivity index (χ4n) is 1.32. The summed E-state index contributed by atoms with van der Waals surface area (Å²) in [7, 11) is 0. The van der Waals surface area contributed by atoms with E-state index in [4.69, 9.17) is 9.84 Å². The molecule has 1 unspecified atom stereocenters. The highest BCUT2D eigenvalue weighted by Crippen LogP contribution is 2.26. The van der Waals surface area contributed by atoms with E-state index in [9.17, 15) is 10.1 Å². The fourth-order valence-corrected chi connectivity index (χ4v) is 1.32. The van der Waals surface area contributed by atoms with Crippen molar-refractivity contribution >= 4 is 5.69 Å². The number of nitrogens with zero attached hydrogens (tertiary/aromatic N) is 1. The van der Waals surface area contributed by atoms with Gasteiger partial charge in [-0.2, -0.15) is 0 Å². The molecule has 1 atom stereocenters. The number of nitro benzene ring substituents is 1. The van der Waals surface area contributed by atoms with Crippen LogP contribution < -0.4 is 0 Å². The molecule has 1 N–H and O–H groups in total. The van der Waals surface area contributed by atoms with Crippen LogP contribution >= 0.6 is 0 Å². The van der Waals surface area contributed by atoms with Crippen LogP contribution in [0.5, 0.6) is 0 Å². The zero-order valence-electron chi connectivity index (χ0n) is 8.42. The summed E-state index contributed by atoms with van der Waals surface area (Å²) in [5.41, 5.74) is 0.568. The Morgan fingerprint density at radius 2 is 2.20 bits per heavy atom. The second kappa shape index (κ2) is 5.43. The Labute approximate surface area is 87.5 Å². The van der Waals surface area contributed by atoms with E-state index < -0.39 is 11.0 Å². The van der Waals surface area contributed by atoms with Crippen molar-refractivity contribution < 1.29 is 14.8 Å². The van der Waals surface area contributed by atoms with Gasteiger partial charge in [0.2, 0.25) is 0 Å². The average Bonchev–Trinajstić information content (AvgIpc) is 2.25. The van der Waals surface area contributed by atoms with Crippen molar-refractivity contribution in [2.24, 2.45) is 0 Å². The molecule has 5 heteroatoms. The second-order valence-corrected chi connectivity index (χ2v) is 3.05. The molecule has 82 valence electrons. The van der Waals surface area contributed by atoms with Crippen LogP contribution in [0.4, 0.5) is 5.69 Å². The summed E-state index contributed by atoms with van der Waals surface area (Å²) in [5, 5.41) is 19.3. The first-order chi connectivity index (χ1) is 7.16. The predicted molar refractivity (Wildman–Crippen MR) is 54.5 cm³/mol. The van der Waals surface area contributed by atoms with Crippen LogP contribution in [0, 0.1) is 10.1 Å². The number of nitro groups is 1. The standard InChI is InChI=1S/C10H13NO4/c1-8(15-7-6-12)9-4-2-3-5-10(9)11(13)14/h2-5,8,12H,6-7H2,1H3. The quantitative estimate of drug-likeness (QED) is 0.593. The zero-order chi connectivity index (χ0) is 11.3. The fraction of sp³-hybridized carbons (Fsp3) is 0.400. The van der Waals surface area contributed by atoms with Gasteiger partial charge in [0.25, 0.3) is 5.69 Å². The minimum absolute atomic E-state index is 0.0444. The Hall–Kier alpha value is -1.46. The molecule has 0 radical (unpaired) electrons. The minimum atomic E-state index is -0.436. The van der Waals surface area contributed by atoms with Crippen LogP contribution in [-0.4, -0.2) is 23.2 Å². The SMILES string of the molecule is CC(OCCO)c1ccccc1[N+](=O)[O-]. The van der Waals surface area contributed by atoms with E-state index in [0.717, 1.165) is 0 Å². The monoisotopic (exact) mass is 211 g/mol. The summed E-state index contributed by atoms with van der Waals surface area (Å²) in [5.74, 6) is 0. The van der Waals surface area contributed by atoms with Gasteiger partial charge in [-0.05, 0) is 13.0 Å². The third-order valence-corrected chi connectivity index (χ3v) is 2.03. The summed E-state index contributed by atoms with van der Waals surface area (Å²) in [6, 6.07) is 6.43. The van der Waals surface area contributed by atoms with E-state index in [2.05, 4.69) is 0 Å². The first kappa shape index (κ1) is 11.6. The molecule has 0 heterocycles. The van der Waals surface area contributed by atoms with Gasteiger partial charge in [-0.15, -0.1) is 0 Å². The van der Waals surface area contributed by atoms with Crippen molar-refractivity contribution in [2.75, 3.05) is 13.2 Å². The smallest absolute Gasteiger partial charge is 0.275 e. The number of hydrogen-bond acceptors (Lipinski definition) is 4. The molecule has 0 amide bonds. The first-order valence-electron chi connectivity index (χ1n) is 4.62.